The highest BCUT2D eigenvalue weighted by molar-refractivity contribution is 5.68. The van der Waals surface area contributed by atoms with E-state index in [2.05, 4.69) is 10.3 Å². The van der Waals surface area contributed by atoms with E-state index in [1.807, 2.05) is 29.9 Å². The van der Waals surface area contributed by atoms with Gasteiger partial charge in [-0.3, -0.25) is 0 Å². The Kier molecular flexibility index (Phi) is 6.38. The normalized spacial score (nSPS) is 12.0. The number of carbonyl (C=O) groups excluding carboxylic acids is 1. The summed E-state index contributed by atoms with van der Waals surface area (Å²) >= 11 is 0. The van der Waals surface area contributed by atoms with Crippen molar-refractivity contribution in [1.82, 2.24) is 14.9 Å². The molecule has 1 amide bonds. The summed E-state index contributed by atoms with van der Waals surface area (Å²) < 4.78 is 25.6. The molecule has 0 aliphatic rings. The number of amides is 1. The topological polar surface area (TPSA) is 65.4 Å². The number of aryl methyl sites for hydroxylation is 1. The van der Waals surface area contributed by atoms with Gasteiger partial charge < -0.3 is 19.4 Å². The maximum atomic E-state index is 13.0. The third-order valence-electron chi connectivity index (χ3n) is 3.37. The fourth-order valence-corrected chi connectivity index (χ4v) is 2.14. The van der Waals surface area contributed by atoms with Gasteiger partial charge in [-0.25, -0.2) is 14.2 Å². The Morgan fingerprint density at radius 1 is 1.31 bits per heavy atom. The number of nitrogens with zero attached hydrogens (tertiary/aromatic N) is 2. The maximum Gasteiger partial charge on any atom is 0.407 e. The van der Waals surface area contributed by atoms with Crippen molar-refractivity contribution in [2.45, 2.75) is 26.4 Å². The molecule has 1 heterocycles. The molecule has 0 aliphatic heterocycles. The minimum absolute atomic E-state index is 0.0107. The van der Waals surface area contributed by atoms with Gasteiger partial charge in [-0.15, -0.1) is 0 Å². The lowest BCUT2D eigenvalue weighted by atomic mass is 10.2. The Balaban J connectivity index is 1.85. The second kappa shape index (κ2) is 8.51. The number of hydrogen-bond acceptors (Lipinski definition) is 4. The summed E-state index contributed by atoms with van der Waals surface area (Å²) in [5.74, 6) is 1.45. The zero-order chi connectivity index (χ0) is 19.2. The van der Waals surface area contributed by atoms with E-state index in [4.69, 9.17) is 9.47 Å². The molecule has 0 atom stereocenters. The molecule has 1 aromatic carbocycles. The summed E-state index contributed by atoms with van der Waals surface area (Å²) in [5, 5.41) is 2.50. The Hall–Kier alpha value is -2.83. The third kappa shape index (κ3) is 5.91. The number of benzene rings is 1. The smallest absolute Gasteiger partial charge is 0.407 e. The lowest BCUT2D eigenvalue weighted by Gasteiger charge is -2.20. The highest BCUT2D eigenvalue weighted by Gasteiger charge is 2.16. The number of imidazole rings is 1. The zero-order valence-electron chi connectivity index (χ0n) is 15.5. The first-order valence-corrected chi connectivity index (χ1v) is 8.24. The summed E-state index contributed by atoms with van der Waals surface area (Å²) in [7, 11) is 1.92. The Morgan fingerprint density at radius 3 is 2.54 bits per heavy atom. The zero-order valence-corrected chi connectivity index (χ0v) is 15.5. The van der Waals surface area contributed by atoms with E-state index in [1.165, 1.54) is 0 Å². The van der Waals surface area contributed by atoms with Crippen LogP contribution in [-0.4, -0.2) is 34.4 Å². The summed E-state index contributed by atoms with van der Waals surface area (Å²) in [5.41, 5.74) is 0.650. The van der Waals surface area contributed by atoms with E-state index in [0.717, 1.165) is 11.4 Å². The molecule has 0 bridgehead atoms. The van der Waals surface area contributed by atoms with Crippen LogP contribution in [0.3, 0.4) is 0 Å². The molecule has 0 fully saturated rings. The van der Waals surface area contributed by atoms with Crippen LogP contribution in [0.2, 0.25) is 0 Å². The number of halogens is 1. The van der Waals surface area contributed by atoms with E-state index in [1.54, 1.807) is 39.1 Å². The van der Waals surface area contributed by atoms with Crippen LogP contribution in [-0.2, 0) is 11.8 Å². The van der Waals surface area contributed by atoms with Crippen molar-refractivity contribution in [2.75, 3.05) is 13.2 Å². The molecule has 26 heavy (non-hydrogen) atoms. The van der Waals surface area contributed by atoms with E-state index < -0.39 is 11.7 Å². The van der Waals surface area contributed by atoms with Crippen molar-refractivity contribution in [1.29, 1.82) is 0 Å². The average molecular weight is 361 g/mol. The summed E-state index contributed by atoms with van der Waals surface area (Å²) in [6.45, 7) is 5.31. The van der Waals surface area contributed by atoms with Gasteiger partial charge >= 0.3 is 6.09 Å². The van der Waals surface area contributed by atoms with Gasteiger partial charge in [0.1, 0.15) is 23.8 Å². The van der Waals surface area contributed by atoms with E-state index in [-0.39, 0.29) is 13.2 Å². The second-order valence-corrected chi connectivity index (χ2v) is 6.80. The van der Waals surface area contributed by atoms with Crippen LogP contribution in [0, 0.1) is 0 Å². The first kappa shape index (κ1) is 19.5. The predicted molar refractivity (Wildman–Crippen MR) is 97.6 cm³/mol. The van der Waals surface area contributed by atoms with Gasteiger partial charge in [0.05, 0.1) is 6.33 Å². The molecule has 1 aromatic heterocycles. The highest BCUT2D eigenvalue weighted by atomic mass is 19.1. The van der Waals surface area contributed by atoms with Crippen molar-refractivity contribution in [3.8, 4) is 17.1 Å². The molecule has 6 nitrogen and oxygen atoms in total. The lowest BCUT2D eigenvalue weighted by molar-refractivity contribution is 0.0531. The number of nitrogens with one attached hydrogen (secondary N) is 1. The fourth-order valence-electron chi connectivity index (χ4n) is 2.14. The van der Waals surface area contributed by atoms with Crippen LogP contribution in [0.4, 0.5) is 9.18 Å². The van der Waals surface area contributed by atoms with Crippen LogP contribution in [0.25, 0.3) is 11.4 Å². The van der Waals surface area contributed by atoms with E-state index in [0.29, 0.717) is 17.7 Å². The molecule has 140 valence electrons. The standard InChI is InChI=1S/C19H24FN3O3/c1-19(2,3)26-18(24)22-12-14(11-20)13-25-16-7-5-15(6-8-16)17-21-9-10-23(17)4/h5-11H,12-13H2,1-4H3,(H,22,24). The molecule has 7 heteroatoms. The first-order chi connectivity index (χ1) is 12.3. The number of carbonyl (C=O) groups is 1. The molecule has 0 spiro atoms. The molecule has 2 rings (SSSR count). The van der Waals surface area contributed by atoms with E-state index in [9.17, 15) is 9.18 Å². The van der Waals surface area contributed by atoms with Crippen LogP contribution < -0.4 is 10.1 Å². The number of aromatic nitrogens is 2. The van der Waals surface area contributed by atoms with Crippen molar-refractivity contribution >= 4 is 6.09 Å². The summed E-state index contributed by atoms with van der Waals surface area (Å²) in [4.78, 5) is 15.9. The molecule has 0 saturated carbocycles. The molecule has 0 unspecified atom stereocenters. The van der Waals surface area contributed by atoms with Gasteiger partial charge in [0.15, 0.2) is 0 Å². The largest absolute Gasteiger partial charge is 0.489 e. The van der Waals surface area contributed by atoms with Gasteiger partial charge in [-0.1, -0.05) is 0 Å². The average Bonchev–Trinajstić information content (AvgIpc) is 3.00. The van der Waals surface area contributed by atoms with Crippen molar-refractivity contribution in [3.63, 3.8) is 0 Å². The van der Waals surface area contributed by atoms with Crippen LogP contribution in [0.5, 0.6) is 5.75 Å². The highest BCUT2D eigenvalue weighted by Crippen LogP contribution is 2.20. The molecular formula is C19H24FN3O3. The van der Waals surface area contributed by atoms with Crippen LogP contribution >= 0.6 is 0 Å². The Labute approximate surface area is 152 Å². The minimum Gasteiger partial charge on any atom is -0.489 e. The third-order valence-corrected chi connectivity index (χ3v) is 3.37. The van der Waals surface area contributed by atoms with Crippen molar-refractivity contribution in [3.05, 3.63) is 48.6 Å². The SMILES string of the molecule is Cn1ccnc1-c1ccc(OCC(=CF)CNC(=O)OC(C)(C)C)cc1. The number of hydrogen-bond donors (Lipinski definition) is 1. The summed E-state index contributed by atoms with van der Waals surface area (Å²) in [6.07, 6.45) is 3.43. The fraction of sp³-hybridized carbons (Fsp3) is 0.368. The van der Waals surface area contributed by atoms with Crippen LogP contribution in [0.1, 0.15) is 20.8 Å². The van der Waals surface area contributed by atoms with Crippen molar-refractivity contribution < 1.29 is 18.7 Å². The minimum atomic E-state index is -0.602. The van der Waals surface area contributed by atoms with Crippen LogP contribution in [0.15, 0.2) is 48.6 Å². The number of ether oxygens (including phenoxy) is 2. The molecule has 2 aromatic rings. The predicted octanol–water partition coefficient (Wildman–Crippen LogP) is 3.84. The number of rotatable bonds is 6. The molecule has 1 N–H and O–H groups in total. The van der Waals surface area contributed by atoms with Gasteiger partial charge in [0.2, 0.25) is 0 Å². The monoisotopic (exact) mass is 361 g/mol. The molecule has 0 aliphatic carbocycles. The lowest BCUT2D eigenvalue weighted by Crippen LogP contribution is -2.34. The van der Waals surface area contributed by atoms with E-state index >= 15 is 0 Å². The molecule has 0 radical (unpaired) electrons. The van der Waals surface area contributed by atoms with Gasteiger partial charge in [0.25, 0.3) is 0 Å². The second-order valence-electron chi connectivity index (χ2n) is 6.80. The Bertz CT molecular complexity index is 761. The quantitative estimate of drug-likeness (QED) is 0.849. The van der Waals surface area contributed by atoms with Crippen molar-refractivity contribution in [2.24, 2.45) is 7.05 Å². The molecule has 0 saturated heterocycles. The summed E-state index contributed by atoms with van der Waals surface area (Å²) in [6, 6.07) is 7.35. The number of alkyl carbamates (subject to hydrolysis) is 1. The molecular weight excluding hydrogens is 337 g/mol. The first-order valence-electron chi connectivity index (χ1n) is 8.24. The Morgan fingerprint density at radius 2 is 2.00 bits per heavy atom. The van der Waals surface area contributed by atoms with Gasteiger partial charge in [0, 0.05) is 37.1 Å². The van der Waals surface area contributed by atoms with Gasteiger partial charge in [-0.05, 0) is 45.0 Å². The maximum absolute atomic E-state index is 13.0. The van der Waals surface area contributed by atoms with Gasteiger partial charge in [-0.2, -0.15) is 0 Å².